The fraction of sp³-hybridized carbons (Fsp3) is 0.600. The Bertz CT molecular complexity index is 465. The smallest absolute Gasteiger partial charge is 0.338 e. The van der Waals surface area contributed by atoms with Crippen LogP contribution in [0.3, 0.4) is 0 Å². The highest BCUT2D eigenvalue weighted by Gasteiger charge is 2.11. The van der Waals surface area contributed by atoms with Gasteiger partial charge in [0.15, 0.2) is 0 Å². The van der Waals surface area contributed by atoms with E-state index < -0.39 is 11.9 Å². The molecular formula is C20H30O6. The minimum atomic E-state index is -0.437. The van der Waals surface area contributed by atoms with Crippen molar-refractivity contribution in [2.24, 2.45) is 0 Å². The molecule has 26 heavy (non-hydrogen) atoms. The molecule has 0 saturated heterocycles. The molecule has 0 aliphatic carbocycles. The lowest BCUT2D eigenvalue weighted by Crippen LogP contribution is -2.13. The summed E-state index contributed by atoms with van der Waals surface area (Å²) >= 11 is 0. The number of benzene rings is 1. The van der Waals surface area contributed by atoms with E-state index in [2.05, 4.69) is 13.8 Å². The fourth-order valence-corrected chi connectivity index (χ4v) is 1.99. The molecule has 6 nitrogen and oxygen atoms in total. The van der Waals surface area contributed by atoms with Crippen molar-refractivity contribution >= 4 is 11.9 Å². The molecule has 0 spiro atoms. The molecule has 0 bridgehead atoms. The monoisotopic (exact) mass is 366 g/mol. The summed E-state index contributed by atoms with van der Waals surface area (Å²) in [5, 5.41) is 0. The van der Waals surface area contributed by atoms with E-state index in [4.69, 9.17) is 18.9 Å². The number of hydrogen-bond donors (Lipinski definition) is 0. The van der Waals surface area contributed by atoms with E-state index in [0.717, 1.165) is 25.7 Å². The number of esters is 2. The molecule has 0 aromatic heterocycles. The van der Waals surface area contributed by atoms with Crippen molar-refractivity contribution in [3.63, 3.8) is 0 Å². The summed E-state index contributed by atoms with van der Waals surface area (Å²) in [6.45, 7) is 6.72. The van der Waals surface area contributed by atoms with Gasteiger partial charge in [0.1, 0.15) is 13.2 Å². The zero-order valence-electron chi connectivity index (χ0n) is 15.8. The number of unbranched alkanes of at least 4 members (excludes halogenated alkanes) is 2. The van der Waals surface area contributed by atoms with Gasteiger partial charge in [-0.2, -0.15) is 0 Å². The lowest BCUT2D eigenvalue weighted by atomic mass is 10.1. The topological polar surface area (TPSA) is 71.1 Å². The lowest BCUT2D eigenvalue weighted by molar-refractivity contribution is 0.0304. The van der Waals surface area contributed by atoms with Crippen molar-refractivity contribution < 1.29 is 28.5 Å². The second-order valence-corrected chi connectivity index (χ2v) is 5.78. The second kappa shape index (κ2) is 14.3. The second-order valence-electron chi connectivity index (χ2n) is 5.78. The molecule has 0 radical (unpaired) electrons. The molecule has 6 heteroatoms. The van der Waals surface area contributed by atoms with Crippen LogP contribution >= 0.6 is 0 Å². The number of carbonyl (C=O) groups excluding carboxylic acids is 2. The van der Waals surface area contributed by atoms with Gasteiger partial charge in [-0.05, 0) is 37.1 Å². The molecule has 146 valence electrons. The van der Waals surface area contributed by atoms with Gasteiger partial charge in [-0.1, -0.05) is 26.7 Å². The van der Waals surface area contributed by atoms with Gasteiger partial charge in [-0.25, -0.2) is 9.59 Å². The van der Waals surface area contributed by atoms with Crippen LogP contribution in [0.4, 0.5) is 0 Å². The zero-order valence-corrected chi connectivity index (χ0v) is 15.8. The van der Waals surface area contributed by atoms with E-state index in [1.54, 1.807) is 24.3 Å². The van der Waals surface area contributed by atoms with Crippen LogP contribution in [0.5, 0.6) is 0 Å². The molecule has 0 heterocycles. The summed E-state index contributed by atoms with van der Waals surface area (Å²) in [6.07, 6.45) is 4.13. The van der Waals surface area contributed by atoms with Crippen LogP contribution in [0.15, 0.2) is 24.3 Å². The summed E-state index contributed by atoms with van der Waals surface area (Å²) in [7, 11) is 0. The van der Waals surface area contributed by atoms with Crippen LogP contribution in [-0.2, 0) is 18.9 Å². The maximum atomic E-state index is 11.9. The van der Waals surface area contributed by atoms with E-state index in [-0.39, 0.29) is 13.2 Å². The van der Waals surface area contributed by atoms with Crippen LogP contribution in [0.2, 0.25) is 0 Å². The van der Waals surface area contributed by atoms with E-state index in [9.17, 15) is 9.59 Å². The van der Waals surface area contributed by atoms with Gasteiger partial charge in [-0.15, -0.1) is 0 Å². The quantitative estimate of drug-likeness (QED) is 0.370. The first-order valence-electron chi connectivity index (χ1n) is 9.28. The fourth-order valence-electron chi connectivity index (χ4n) is 1.99. The Morgan fingerprint density at radius 2 is 1.04 bits per heavy atom. The highest BCUT2D eigenvalue weighted by Crippen LogP contribution is 2.07. The van der Waals surface area contributed by atoms with Crippen LogP contribution in [0.25, 0.3) is 0 Å². The molecule has 0 amide bonds. The normalized spacial score (nSPS) is 10.5. The molecule has 0 fully saturated rings. The van der Waals surface area contributed by atoms with Gasteiger partial charge >= 0.3 is 11.9 Å². The van der Waals surface area contributed by atoms with Gasteiger partial charge < -0.3 is 18.9 Å². The summed E-state index contributed by atoms with van der Waals surface area (Å²) in [6, 6.07) is 6.20. The molecule has 0 N–H and O–H groups in total. The SMILES string of the molecule is CCCCOCCOC(=O)c1ccc(C(=O)OCCOCCCC)cc1. The first kappa shape index (κ1) is 22.1. The lowest BCUT2D eigenvalue weighted by Gasteiger charge is -2.07. The molecule has 0 unspecified atom stereocenters. The Labute approximate surface area is 155 Å². The molecule has 0 atom stereocenters. The highest BCUT2D eigenvalue weighted by atomic mass is 16.6. The van der Waals surface area contributed by atoms with Crippen molar-refractivity contribution in [3.05, 3.63) is 35.4 Å². The molecule has 1 aromatic carbocycles. The average Bonchev–Trinajstić information content (AvgIpc) is 2.67. The average molecular weight is 366 g/mol. The molecular weight excluding hydrogens is 336 g/mol. The standard InChI is InChI=1S/C20H30O6/c1-3-5-11-23-13-15-25-19(21)17-7-9-18(10-8-17)20(22)26-16-14-24-12-6-4-2/h7-10H,3-6,11-16H2,1-2H3. The Morgan fingerprint density at radius 1 is 0.654 bits per heavy atom. The van der Waals surface area contributed by atoms with E-state index in [1.165, 1.54) is 0 Å². The number of carbonyl (C=O) groups is 2. The van der Waals surface area contributed by atoms with Crippen LogP contribution in [0, 0.1) is 0 Å². The molecule has 1 aromatic rings. The third-order valence-corrected chi connectivity index (χ3v) is 3.56. The summed E-state index contributed by atoms with van der Waals surface area (Å²) < 4.78 is 20.9. The summed E-state index contributed by atoms with van der Waals surface area (Å²) in [5.74, 6) is -0.873. The van der Waals surface area contributed by atoms with Crippen LogP contribution in [0.1, 0.15) is 60.2 Å². The van der Waals surface area contributed by atoms with Gasteiger partial charge in [0.05, 0.1) is 24.3 Å². The first-order chi connectivity index (χ1) is 12.7. The largest absolute Gasteiger partial charge is 0.460 e. The Hall–Kier alpha value is -1.92. The number of ether oxygens (including phenoxy) is 4. The first-order valence-corrected chi connectivity index (χ1v) is 9.28. The van der Waals surface area contributed by atoms with Crippen LogP contribution in [-0.4, -0.2) is 51.6 Å². The molecule has 0 saturated carbocycles. The van der Waals surface area contributed by atoms with Gasteiger partial charge in [0, 0.05) is 13.2 Å². The van der Waals surface area contributed by atoms with E-state index >= 15 is 0 Å². The third-order valence-electron chi connectivity index (χ3n) is 3.56. The maximum Gasteiger partial charge on any atom is 0.338 e. The van der Waals surface area contributed by atoms with Gasteiger partial charge in [0.2, 0.25) is 0 Å². The van der Waals surface area contributed by atoms with E-state index in [0.29, 0.717) is 37.6 Å². The van der Waals surface area contributed by atoms with Crippen molar-refractivity contribution in [3.8, 4) is 0 Å². The van der Waals surface area contributed by atoms with Crippen molar-refractivity contribution in [1.29, 1.82) is 0 Å². The number of hydrogen-bond acceptors (Lipinski definition) is 6. The minimum absolute atomic E-state index is 0.213. The van der Waals surface area contributed by atoms with Crippen molar-refractivity contribution in [1.82, 2.24) is 0 Å². The summed E-state index contributed by atoms with van der Waals surface area (Å²) in [4.78, 5) is 23.8. The summed E-state index contributed by atoms with van der Waals surface area (Å²) in [5.41, 5.74) is 0.774. The Balaban J connectivity index is 2.26. The predicted octanol–water partition coefficient (Wildman–Crippen LogP) is 3.63. The predicted molar refractivity (Wildman–Crippen MR) is 98.5 cm³/mol. The molecule has 0 aliphatic rings. The van der Waals surface area contributed by atoms with Crippen LogP contribution < -0.4 is 0 Å². The molecule has 1 rings (SSSR count). The molecule has 0 aliphatic heterocycles. The van der Waals surface area contributed by atoms with Crippen molar-refractivity contribution in [2.45, 2.75) is 39.5 Å². The minimum Gasteiger partial charge on any atom is -0.460 e. The maximum absolute atomic E-state index is 11.9. The Morgan fingerprint density at radius 3 is 1.38 bits per heavy atom. The third kappa shape index (κ3) is 9.53. The van der Waals surface area contributed by atoms with Crippen molar-refractivity contribution in [2.75, 3.05) is 39.6 Å². The van der Waals surface area contributed by atoms with Gasteiger partial charge in [-0.3, -0.25) is 0 Å². The number of rotatable bonds is 14. The van der Waals surface area contributed by atoms with E-state index in [1.807, 2.05) is 0 Å². The highest BCUT2D eigenvalue weighted by molar-refractivity contribution is 5.93. The Kier molecular flexibility index (Phi) is 12.1. The van der Waals surface area contributed by atoms with Gasteiger partial charge in [0.25, 0.3) is 0 Å². The zero-order chi connectivity index (χ0) is 19.0.